The number of halogens is 1. The predicted molar refractivity (Wildman–Crippen MR) is 95.8 cm³/mol. The second kappa shape index (κ2) is 7.23. The molecule has 1 aliphatic carbocycles. The first-order chi connectivity index (χ1) is 12.2. The van der Waals surface area contributed by atoms with E-state index in [-0.39, 0.29) is 11.9 Å². The third kappa shape index (κ3) is 3.61. The van der Waals surface area contributed by atoms with Crippen molar-refractivity contribution < 1.29 is 9.50 Å². The highest BCUT2D eigenvalue weighted by Crippen LogP contribution is 2.25. The molecule has 2 atom stereocenters. The van der Waals surface area contributed by atoms with Crippen LogP contribution in [0.5, 0.6) is 0 Å². The van der Waals surface area contributed by atoms with Crippen molar-refractivity contribution in [2.24, 2.45) is 0 Å². The number of aryl methyl sites for hydroxylation is 1. The van der Waals surface area contributed by atoms with E-state index in [1.165, 1.54) is 11.6 Å². The number of aromatic nitrogens is 1. The van der Waals surface area contributed by atoms with Gasteiger partial charge in [0.15, 0.2) is 6.35 Å². The Balaban J connectivity index is 1.34. The first-order valence-electron chi connectivity index (χ1n) is 9.14. The zero-order valence-corrected chi connectivity index (χ0v) is 14.4. The van der Waals surface area contributed by atoms with Gasteiger partial charge >= 0.3 is 0 Å². The zero-order valence-electron chi connectivity index (χ0n) is 14.4. The molecule has 3 aliphatic rings. The Kier molecular flexibility index (Phi) is 4.83. The highest BCUT2D eigenvalue weighted by molar-refractivity contribution is 5.47. The number of hydrogen-bond donors (Lipinski definition) is 2. The van der Waals surface area contributed by atoms with E-state index in [1.54, 1.807) is 6.08 Å². The smallest absolute Gasteiger partial charge is 0.166 e. The number of pyridine rings is 1. The molecule has 0 saturated carbocycles. The van der Waals surface area contributed by atoms with Gasteiger partial charge in [0.1, 0.15) is 11.6 Å². The van der Waals surface area contributed by atoms with Crippen molar-refractivity contribution in [1.82, 2.24) is 14.8 Å². The SMILES string of the molecule is OC1N(CCc2ccc3c(n2)NCCC3)CCN1C1C=CC=C(F)C1. The number of nitrogens with zero attached hydrogens (tertiary/aromatic N) is 3. The molecule has 1 aromatic heterocycles. The molecule has 6 heteroatoms. The summed E-state index contributed by atoms with van der Waals surface area (Å²) >= 11 is 0. The van der Waals surface area contributed by atoms with Crippen LogP contribution in [0.1, 0.15) is 24.1 Å². The van der Waals surface area contributed by atoms with E-state index in [9.17, 15) is 9.50 Å². The molecule has 134 valence electrons. The maximum Gasteiger partial charge on any atom is 0.166 e. The van der Waals surface area contributed by atoms with Crippen molar-refractivity contribution in [3.8, 4) is 0 Å². The Morgan fingerprint density at radius 2 is 2.24 bits per heavy atom. The molecule has 1 aromatic rings. The van der Waals surface area contributed by atoms with E-state index in [0.717, 1.165) is 57.0 Å². The Hall–Kier alpha value is -1.76. The summed E-state index contributed by atoms with van der Waals surface area (Å²) in [4.78, 5) is 8.72. The molecule has 25 heavy (non-hydrogen) atoms. The normalized spacial score (nSPS) is 27.0. The van der Waals surface area contributed by atoms with E-state index in [2.05, 4.69) is 17.4 Å². The van der Waals surface area contributed by atoms with Gasteiger partial charge in [-0.15, -0.1) is 0 Å². The van der Waals surface area contributed by atoms with Crippen LogP contribution in [-0.4, -0.2) is 58.5 Å². The van der Waals surface area contributed by atoms with Crippen LogP contribution in [0.2, 0.25) is 0 Å². The third-order valence-electron chi connectivity index (χ3n) is 5.32. The van der Waals surface area contributed by atoms with Gasteiger partial charge < -0.3 is 10.4 Å². The van der Waals surface area contributed by atoms with E-state index in [4.69, 9.17) is 4.98 Å². The molecule has 0 bridgehead atoms. The van der Waals surface area contributed by atoms with Gasteiger partial charge in [0.2, 0.25) is 0 Å². The minimum absolute atomic E-state index is 0.0592. The Morgan fingerprint density at radius 3 is 3.12 bits per heavy atom. The summed E-state index contributed by atoms with van der Waals surface area (Å²) in [5, 5.41) is 14.0. The summed E-state index contributed by atoms with van der Waals surface area (Å²) in [7, 11) is 0. The van der Waals surface area contributed by atoms with E-state index >= 15 is 0 Å². The number of aliphatic hydroxyl groups excluding tert-OH is 1. The topological polar surface area (TPSA) is 51.6 Å². The molecule has 0 amide bonds. The Labute approximate surface area is 147 Å². The van der Waals surface area contributed by atoms with E-state index in [1.807, 2.05) is 15.9 Å². The molecule has 2 aliphatic heterocycles. The average molecular weight is 344 g/mol. The monoisotopic (exact) mass is 344 g/mol. The fourth-order valence-corrected chi connectivity index (χ4v) is 3.87. The second-order valence-electron chi connectivity index (χ2n) is 6.98. The van der Waals surface area contributed by atoms with Crippen LogP contribution in [0.15, 0.2) is 36.2 Å². The first kappa shape index (κ1) is 16.7. The summed E-state index contributed by atoms with van der Waals surface area (Å²) < 4.78 is 13.5. The summed E-state index contributed by atoms with van der Waals surface area (Å²) in [6.07, 6.45) is 7.94. The minimum atomic E-state index is -0.656. The molecule has 2 N–H and O–H groups in total. The van der Waals surface area contributed by atoms with Crippen LogP contribution in [0.4, 0.5) is 10.2 Å². The van der Waals surface area contributed by atoms with Crippen molar-refractivity contribution in [3.63, 3.8) is 0 Å². The van der Waals surface area contributed by atoms with Gasteiger partial charge in [-0.25, -0.2) is 9.37 Å². The highest BCUT2D eigenvalue weighted by Gasteiger charge is 2.34. The molecule has 5 nitrogen and oxygen atoms in total. The molecule has 1 saturated heterocycles. The van der Waals surface area contributed by atoms with Gasteiger partial charge in [-0.2, -0.15) is 0 Å². The van der Waals surface area contributed by atoms with E-state index < -0.39 is 6.35 Å². The van der Waals surface area contributed by atoms with Crippen molar-refractivity contribution >= 4 is 5.82 Å². The van der Waals surface area contributed by atoms with Crippen molar-refractivity contribution in [3.05, 3.63) is 47.4 Å². The largest absolute Gasteiger partial charge is 0.370 e. The minimum Gasteiger partial charge on any atom is -0.370 e. The van der Waals surface area contributed by atoms with E-state index in [0.29, 0.717) is 6.42 Å². The Morgan fingerprint density at radius 1 is 1.32 bits per heavy atom. The summed E-state index contributed by atoms with van der Waals surface area (Å²) in [5.41, 5.74) is 2.34. The zero-order chi connectivity index (χ0) is 17.2. The summed E-state index contributed by atoms with van der Waals surface area (Å²) in [6, 6.07) is 4.20. The van der Waals surface area contributed by atoms with Gasteiger partial charge in [0, 0.05) is 50.8 Å². The quantitative estimate of drug-likeness (QED) is 0.876. The molecule has 0 radical (unpaired) electrons. The lowest BCUT2D eigenvalue weighted by molar-refractivity contribution is -0.0680. The highest BCUT2D eigenvalue weighted by atomic mass is 19.1. The fraction of sp³-hybridized carbons (Fsp3) is 0.526. The molecule has 2 unspecified atom stereocenters. The van der Waals surface area contributed by atoms with Crippen LogP contribution >= 0.6 is 0 Å². The summed E-state index contributed by atoms with van der Waals surface area (Å²) in [5.74, 6) is 0.894. The molecule has 0 spiro atoms. The molecule has 3 heterocycles. The van der Waals surface area contributed by atoms with Gasteiger partial charge in [-0.3, -0.25) is 9.80 Å². The van der Waals surface area contributed by atoms with Gasteiger partial charge in [-0.1, -0.05) is 18.2 Å². The van der Waals surface area contributed by atoms with Crippen LogP contribution in [-0.2, 0) is 12.8 Å². The maximum atomic E-state index is 13.5. The number of hydrogen-bond acceptors (Lipinski definition) is 5. The van der Waals surface area contributed by atoms with Crippen molar-refractivity contribution in [1.29, 1.82) is 0 Å². The lowest BCUT2D eigenvalue weighted by atomic mass is 10.1. The number of nitrogens with one attached hydrogen (secondary N) is 1. The maximum absolute atomic E-state index is 13.5. The molecule has 0 aromatic carbocycles. The first-order valence-corrected chi connectivity index (χ1v) is 9.14. The van der Waals surface area contributed by atoms with Crippen molar-refractivity contribution in [2.45, 2.75) is 38.1 Å². The van der Waals surface area contributed by atoms with Gasteiger partial charge in [0.25, 0.3) is 0 Å². The van der Waals surface area contributed by atoms with Crippen LogP contribution in [0.25, 0.3) is 0 Å². The molecular formula is C19H25FN4O. The number of anilines is 1. The average Bonchev–Trinajstić information content (AvgIpc) is 3.00. The summed E-state index contributed by atoms with van der Waals surface area (Å²) in [6.45, 7) is 3.28. The predicted octanol–water partition coefficient (Wildman–Crippen LogP) is 2.06. The third-order valence-corrected chi connectivity index (χ3v) is 5.32. The second-order valence-corrected chi connectivity index (χ2v) is 6.98. The van der Waals surface area contributed by atoms with Crippen LogP contribution in [0, 0.1) is 0 Å². The van der Waals surface area contributed by atoms with Gasteiger partial charge in [-0.05, 0) is 30.5 Å². The van der Waals surface area contributed by atoms with Crippen LogP contribution < -0.4 is 5.32 Å². The Bertz CT molecular complexity index is 690. The fourth-order valence-electron chi connectivity index (χ4n) is 3.87. The van der Waals surface area contributed by atoms with Crippen LogP contribution in [0.3, 0.4) is 0 Å². The standard InChI is InChI=1S/C19H25FN4O/c20-15-4-1-5-17(13-15)24-12-11-23(19(24)25)10-8-16-7-6-14-3-2-9-21-18(14)22-16/h1,4-7,17,19,25H,2-3,8-13H2,(H,21,22). The van der Waals surface area contributed by atoms with Crippen molar-refractivity contribution in [2.75, 3.05) is 31.5 Å². The molecule has 1 fully saturated rings. The number of aliphatic hydroxyl groups is 1. The number of rotatable bonds is 4. The number of allylic oxidation sites excluding steroid dienone is 2. The van der Waals surface area contributed by atoms with Gasteiger partial charge in [0.05, 0.1) is 0 Å². The lowest BCUT2D eigenvalue weighted by Gasteiger charge is -2.31. The number of fused-ring (bicyclic) bond motifs is 1. The molecular weight excluding hydrogens is 319 g/mol. The molecule has 4 rings (SSSR count). The lowest BCUT2D eigenvalue weighted by Crippen LogP contribution is -2.44.